The molecule has 0 bridgehead atoms. The summed E-state index contributed by atoms with van der Waals surface area (Å²) < 4.78 is 5.09. The zero-order chi connectivity index (χ0) is 27.3. The molecule has 8 N–H and O–H groups in total. The summed E-state index contributed by atoms with van der Waals surface area (Å²) in [6.07, 6.45) is -0.232. The number of nitrogens with one attached hydrogen (secondary N) is 4. The normalized spacial score (nSPS) is 12.4. The van der Waals surface area contributed by atoms with Crippen LogP contribution in [0.3, 0.4) is 0 Å². The maximum absolute atomic E-state index is 12.4. The van der Waals surface area contributed by atoms with E-state index in [4.69, 9.17) is 16.2 Å². The summed E-state index contributed by atoms with van der Waals surface area (Å²) in [6.45, 7) is 3.66. The fourth-order valence-electron chi connectivity index (χ4n) is 2.80. The number of amides is 5. The average molecular weight is 507 g/mol. The third-order valence-electron chi connectivity index (χ3n) is 4.38. The number of carbonyl (C=O) groups excluding carboxylic acids is 6. The van der Waals surface area contributed by atoms with Gasteiger partial charge in [-0.1, -0.05) is 30.3 Å². The second kappa shape index (κ2) is 14.4. The van der Waals surface area contributed by atoms with Crippen LogP contribution in [0.2, 0.25) is 0 Å². The van der Waals surface area contributed by atoms with Gasteiger partial charge in [0.25, 0.3) is 0 Å². The maximum Gasteiger partial charge on any atom is 0.308 e. The van der Waals surface area contributed by atoms with E-state index in [1.807, 2.05) is 0 Å². The molecule has 36 heavy (non-hydrogen) atoms. The van der Waals surface area contributed by atoms with E-state index in [2.05, 4.69) is 21.3 Å². The molecular formula is C23H34N6O7. The molecule has 2 atom stereocenters. The van der Waals surface area contributed by atoms with Gasteiger partial charge in [0, 0.05) is 6.42 Å². The molecule has 13 heteroatoms. The SMILES string of the molecule is CC(C)(C)OC(=O)CC(N)C(=O)NCC(=O)NCC(=O)N[C@@H](Cc1ccccc1)C(=O)NCC(N)=O. The Hall–Kier alpha value is -4.00. The predicted molar refractivity (Wildman–Crippen MR) is 129 cm³/mol. The second-order valence-electron chi connectivity index (χ2n) is 8.89. The molecule has 0 aliphatic carbocycles. The van der Waals surface area contributed by atoms with E-state index in [0.29, 0.717) is 0 Å². The number of rotatable bonds is 13. The van der Waals surface area contributed by atoms with Crippen LogP contribution in [0.15, 0.2) is 30.3 Å². The van der Waals surface area contributed by atoms with E-state index in [0.717, 1.165) is 5.56 Å². The Morgan fingerprint density at radius 2 is 1.44 bits per heavy atom. The van der Waals surface area contributed by atoms with Crippen molar-refractivity contribution in [2.45, 2.75) is 51.3 Å². The Bertz CT molecular complexity index is 946. The lowest BCUT2D eigenvalue weighted by Crippen LogP contribution is -2.52. The van der Waals surface area contributed by atoms with Crippen LogP contribution in [0.1, 0.15) is 32.8 Å². The Labute approximate surface area is 209 Å². The van der Waals surface area contributed by atoms with E-state index in [-0.39, 0.29) is 12.8 Å². The monoisotopic (exact) mass is 506 g/mol. The molecule has 1 unspecified atom stereocenters. The minimum atomic E-state index is -1.21. The molecule has 0 fully saturated rings. The summed E-state index contributed by atoms with van der Waals surface area (Å²) in [5, 5.41) is 9.40. The molecule has 0 aliphatic rings. The predicted octanol–water partition coefficient (Wildman–Crippen LogP) is -2.39. The molecule has 0 aromatic heterocycles. The molecule has 0 heterocycles. The molecule has 13 nitrogen and oxygen atoms in total. The van der Waals surface area contributed by atoms with E-state index >= 15 is 0 Å². The van der Waals surface area contributed by atoms with Gasteiger partial charge in [0.1, 0.15) is 11.6 Å². The molecule has 1 aromatic rings. The molecular weight excluding hydrogens is 472 g/mol. The number of nitrogens with two attached hydrogens (primary N) is 2. The molecule has 0 saturated heterocycles. The van der Waals surface area contributed by atoms with Gasteiger partial charge in [-0.25, -0.2) is 0 Å². The van der Waals surface area contributed by atoms with Gasteiger partial charge in [0.15, 0.2) is 0 Å². The lowest BCUT2D eigenvalue weighted by molar-refractivity contribution is -0.156. The molecule has 1 rings (SSSR count). The first kappa shape index (κ1) is 30.0. The topological polar surface area (TPSA) is 212 Å². The van der Waals surface area contributed by atoms with Gasteiger partial charge >= 0.3 is 5.97 Å². The van der Waals surface area contributed by atoms with Gasteiger partial charge in [-0.05, 0) is 26.3 Å². The smallest absolute Gasteiger partial charge is 0.308 e. The van der Waals surface area contributed by atoms with Crippen molar-refractivity contribution in [1.29, 1.82) is 0 Å². The molecule has 5 amide bonds. The molecule has 0 aliphatic heterocycles. The summed E-state index contributed by atoms with van der Waals surface area (Å²) >= 11 is 0. The van der Waals surface area contributed by atoms with Crippen molar-refractivity contribution in [2.24, 2.45) is 11.5 Å². The van der Waals surface area contributed by atoms with Gasteiger partial charge in [0.2, 0.25) is 29.5 Å². The molecule has 0 radical (unpaired) electrons. The summed E-state index contributed by atoms with van der Waals surface area (Å²) in [5.41, 5.74) is 10.7. The minimum absolute atomic E-state index is 0.136. The van der Waals surface area contributed by atoms with Crippen molar-refractivity contribution >= 4 is 35.5 Å². The van der Waals surface area contributed by atoms with E-state index in [1.54, 1.807) is 51.1 Å². The van der Waals surface area contributed by atoms with Gasteiger partial charge < -0.3 is 37.5 Å². The first-order chi connectivity index (χ1) is 16.8. The quantitative estimate of drug-likeness (QED) is 0.158. The lowest BCUT2D eigenvalue weighted by Gasteiger charge is -2.20. The van der Waals surface area contributed by atoms with Crippen LogP contribution in [0.4, 0.5) is 0 Å². The van der Waals surface area contributed by atoms with E-state index < -0.39 is 72.8 Å². The third kappa shape index (κ3) is 13.0. The summed E-state index contributed by atoms with van der Waals surface area (Å²) in [6, 6.07) is 6.61. The molecule has 0 spiro atoms. The van der Waals surface area contributed by atoms with Crippen molar-refractivity contribution in [1.82, 2.24) is 21.3 Å². The third-order valence-corrected chi connectivity index (χ3v) is 4.38. The van der Waals surface area contributed by atoms with Crippen LogP contribution in [-0.4, -0.2) is 72.8 Å². The van der Waals surface area contributed by atoms with Crippen LogP contribution in [0.5, 0.6) is 0 Å². The Balaban J connectivity index is 2.52. The lowest BCUT2D eigenvalue weighted by atomic mass is 10.1. The van der Waals surface area contributed by atoms with Crippen molar-refractivity contribution in [3.63, 3.8) is 0 Å². The van der Waals surface area contributed by atoms with Gasteiger partial charge in [-0.3, -0.25) is 28.8 Å². The number of primary amides is 1. The number of benzene rings is 1. The maximum atomic E-state index is 12.4. The first-order valence-electron chi connectivity index (χ1n) is 11.2. The Kier molecular flexibility index (Phi) is 12.0. The highest BCUT2D eigenvalue weighted by atomic mass is 16.6. The summed E-state index contributed by atoms with van der Waals surface area (Å²) in [5.74, 6) is -4.13. The number of ether oxygens (including phenoxy) is 1. The Morgan fingerprint density at radius 1 is 0.861 bits per heavy atom. The van der Waals surface area contributed by atoms with Crippen LogP contribution in [-0.2, 0) is 39.9 Å². The number of hydrogen-bond donors (Lipinski definition) is 6. The molecule has 0 saturated carbocycles. The largest absolute Gasteiger partial charge is 0.460 e. The minimum Gasteiger partial charge on any atom is -0.460 e. The summed E-state index contributed by atoms with van der Waals surface area (Å²) in [7, 11) is 0. The van der Waals surface area contributed by atoms with Gasteiger partial charge in [-0.15, -0.1) is 0 Å². The van der Waals surface area contributed by atoms with Gasteiger partial charge in [0.05, 0.1) is 32.1 Å². The summed E-state index contributed by atoms with van der Waals surface area (Å²) in [4.78, 5) is 71.4. The number of esters is 1. The van der Waals surface area contributed by atoms with Crippen LogP contribution in [0.25, 0.3) is 0 Å². The van der Waals surface area contributed by atoms with Gasteiger partial charge in [-0.2, -0.15) is 0 Å². The van der Waals surface area contributed by atoms with E-state index in [9.17, 15) is 28.8 Å². The van der Waals surface area contributed by atoms with Crippen molar-refractivity contribution in [2.75, 3.05) is 19.6 Å². The van der Waals surface area contributed by atoms with Crippen LogP contribution >= 0.6 is 0 Å². The van der Waals surface area contributed by atoms with Crippen LogP contribution < -0.4 is 32.7 Å². The molecule has 198 valence electrons. The zero-order valence-corrected chi connectivity index (χ0v) is 20.6. The number of carbonyl (C=O) groups is 6. The van der Waals surface area contributed by atoms with Crippen LogP contribution in [0, 0.1) is 0 Å². The highest BCUT2D eigenvalue weighted by Crippen LogP contribution is 2.09. The fraction of sp³-hybridized carbons (Fsp3) is 0.478. The highest BCUT2D eigenvalue weighted by molar-refractivity contribution is 5.93. The highest BCUT2D eigenvalue weighted by Gasteiger charge is 2.24. The number of hydrogen-bond acceptors (Lipinski definition) is 8. The van der Waals surface area contributed by atoms with Crippen molar-refractivity contribution < 1.29 is 33.5 Å². The molecule has 1 aromatic carbocycles. The first-order valence-corrected chi connectivity index (χ1v) is 11.2. The standard InChI is InChI=1S/C23H34N6O7/c1-23(2,3)36-20(33)10-15(24)21(34)28-12-18(31)26-13-19(32)29-16(22(35)27-11-17(25)30)9-14-7-5-4-6-8-14/h4-8,15-16H,9-13,24H2,1-3H3,(H2,25,30)(H,26,31)(H,27,35)(H,28,34)(H,29,32)/t15?,16-/m0/s1. The van der Waals surface area contributed by atoms with E-state index in [1.165, 1.54) is 0 Å². The van der Waals surface area contributed by atoms with Crippen molar-refractivity contribution in [3.05, 3.63) is 35.9 Å². The fourth-order valence-corrected chi connectivity index (χ4v) is 2.80. The average Bonchev–Trinajstić information content (AvgIpc) is 2.78. The van der Waals surface area contributed by atoms with Crippen molar-refractivity contribution in [3.8, 4) is 0 Å². The second-order valence-corrected chi connectivity index (χ2v) is 8.89. The zero-order valence-electron chi connectivity index (χ0n) is 20.6. The Morgan fingerprint density at radius 3 is 2.03 bits per heavy atom.